The molecule has 2 aromatic carbocycles. The summed E-state index contributed by atoms with van der Waals surface area (Å²) in [6, 6.07) is 16.4. The van der Waals surface area contributed by atoms with E-state index in [1.165, 1.54) is 0 Å². The second-order valence-corrected chi connectivity index (χ2v) is 9.88. The van der Waals surface area contributed by atoms with E-state index in [1.807, 2.05) is 36.4 Å². The Bertz CT molecular complexity index is 1320. The number of benzene rings is 2. The first-order chi connectivity index (χ1) is 17.9. The van der Waals surface area contributed by atoms with Crippen LogP contribution in [0.4, 0.5) is 17.2 Å². The second-order valence-electron chi connectivity index (χ2n) is 9.88. The number of carbonyl (C=O) groups is 3. The highest BCUT2D eigenvalue weighted by Gasteiger charge is 2.31. The average Bonchev–Trinajstić information content (AvgIpc) is 3.55. The van der Waals surface area contributed by atoms with Gasteiger partial charge in [-0.25, -0.2) is 4.98 Å². The number of nitrogens with one attached hydrogen (secondary N) is 1. The van der Waals surface area contributed by atoms with Crippen molar-refractivity contribution in [3.8, 4) is 0 Å². The van der Waals surface area contributed by atoms with E-state index in [9.17, 15) is 14.4 Å². The van der Waals surface area contributed by atoms with Gasteiger partial charge < -0.3 is 20.9 Å². The highest BCUT2D eigenvalue weighted by molar-refractivity contribution is 5.99. The zero-order chi connectivity index (χ0) is 25.9. The van der Waals surface area contributed by atoms with Gasteiger partial charge in [0, 0.05) is 54.8 Å². The third kappa shape index (κ3) is 5.56. The lowest BCUT2D eigenvalue weighted by atomic mass is 10.1. The number of hydrogen-bond acceptors (Lipinski definition) is 6. The summed E-state index contributed by atoms with van der Waals surface area (Å²) >= 11 is 0. The van der Waals surface area contributed by atoms with Crippen molar-refractivity contribution in [1.82, 2.24) is 15.2 Å². The number of anilines is 3. The molecule has 3 amide bonds. The molecule has 2 aliphatic heterocycles. The summed E-state index contributed by atoms with van der Waals surface area (Å²) in [5, 5.41) is 3.87. The lowest BCUT2D eigenvalue weighted by molar-refractivity contribution is -0.119. The van der Waals surface area contributed by atoms with E-state index in [-0.39, 0.29) is 23.6 Å². The molecule has 0 aliphatic carbocycles. The van der Waals surface area contributed by atoms with E-state index in [0.29, 0.717) is 43.0 Å². The molecule has 2 aliphatic rings. The maximum atomic E-state index is 12.7. The van der Waals surface area contributed by atoms with Crippen LogP contribution in [-0.2, 0) is 9.59 Å². The molecule has 1 aromatic heterocycles. The summed E-state index contributed by atoms with van der Waals surface area (Å²) in [5.41, 5.74) is 8.53. The van der Waals surface area contributed by atoms with Crippen molar-refractivity contribution in [1.29, 1.82) is 0 Å². The zero-order valence-electron chi connectivity index (χ0n) is 21.0. The molecule has 0 saturated carbocycles. The fraction of sp³-hybridized carbons (Fsp3) is 0.357. The van der Waals surface area contributed by atoms with Crippen LogP contribution in [0.15, 0.2) is 54.6 Å². The fourth-order valence-corrected chi connectivity index (χ4v) is 5.02. The van der Waals surface area contributed by atoms with E-state index >= 15 is 0 Å². The van der Waals surface area contributed by atoms with Gasteiger partial charge in [0.15, 0.2) is 0 Å². The summed E-state index contributed by atoms with van der Waals surface area (Å²) < 4.78 is 0. The lowest BCUT2D eigenvalue weighted by Gasteiger charge is -2.22. The van der Waals surface area contributed by atoms with Crippen LogP contribution in [0.2, 0.25) is 0 Å². The van der Waals surface area contributed by atoms with Crippen LogP contribution in [-0.4, -0.2) is 67.4 Å². The van der Waals surface area contributed by atoms with Crippen molar-refractivity contribution >= 4 is 45.8 Å². The summed E-state index contributed by atoms with van der Waals surface area (Å²) in [6.45, 7) is 3.31. The third-order valence-electron chi connectivity index (χ3n) is 7.21. The Morgan fingerprint density at radius 3 is 2.57 bits per heavy atom. The van der Waals surface area contributed by atoms with Crippen LogP contribution in [0, 0.1) is 5.92 Å². The molecule has 9 nitrogen and oxygen atoms in total. The van der Waals surface area contributed by atoms with Crippen molar-refractivity contribution in [2.24, 2.45) is 5.92 Å². The first-order valence-electron chi connectivity index (χ1n) is 12.7. The number of fused-ring (bicyclic) bond motifs is 1. The predicted octanol–water partition coefficient (Wildman–Crippen LogP) is 2.66. The Morgan fingerprint density at radius 2 is 1.81 bits per heavy atom. The zero-order valence-corrected chi connectivity index (χ0v) is 21.0. The Balaban J connectivity index is 1.16. The van der Waals surface area contributed by atoms with E-state index in [4.69, 9.17) is 5.73 Å². The van der Waals surface area contributed by atoms with Gasteiger partial charge in [0.05, 0.1) is 12.1 Å². The number of hydrogen-bond donors (Lipinski definition) is 2. The number of likely N-dealkylation sites (tertiary alicyclic amines) is 1. The Morgan fingerprint density at radius 1 is 1.08 bits per heavy atom. The number of likely N-dealkylation sites (N-methyl/N-ethyl adjacent to an activating group) is 1. The number of carbonyl (C=O) groups excluding carboxylic acids is 3. The molecular formula is C28H32N6O3. The summed E-state index contributed by atoms with van der Waals surface area (Å²) in [4.78, 5) is 47.9. The SMILES string of the molecule is CN(C(=O)CN1CCCC1)c1ccc(N2CC(CNC(=O)c3ccc4ccc(N)nc4c3)CC2=O)cc1. The number of nitrogens with two attached hydrogens (primary N) is 1. The number of pyridine rings is 1. The second kappa shape index (κ2) is 10.6. The molecule has 1 atom stereocenters. The smallest absolute Gasteiger partial charge is 0.251 e. The van der Waals surface area contributed by atoms with Gasteiger partial charge in [-0.3, -0.25) is 19.3 Å². The van der Waals surface area contributed by atoms with Crippen molar-refractivity contribution < 1.29 is 14.4 Å². The monoisotopic (exact) mass is 500 g/mol. The molecule has 192 valence electrons. The van der Waals surface area contributed by atoms with Crippen LogP contribution in [0.5, 0.6) is 0 Å². The largest absolute Gasteiger partial charge is 0.384 e. The first-order valence-corrected chi connectivity index (χ1v) is 12.7. The number of rotatable bonds is 7. The molecular weight excluding hydrogens is 468 g/mol. The molecule has 3 aromatic rings. The standard InChI is InChI=1S/C28H32N6O3/c1-32(27(36)18-33-12-2-3-13-33)22-7-9-23(10-8-22)34-17-19(14-26(34)35)16-30-28(37)21-5-4-20-6-11-25(29)31-24(20)15-21/h4-11,15,19H,2-3,12-14,16-18H2,1H3,(H2,29,31)(H,30,37). The Labute approximate surface area is 216 Å². The lowest BCUT2D eigenvalue weighted by Crippen LogP contribution is -2.37. The maximum Gasteiger partial charge on any atom is 0.251 e. The van der Waals surface area contributed by atoms with Crippen molar-refractivity contribution in [2.75, 3.05) is 55.3 Å². The third-order valence-corrected chi connectivity index (χ3v) is 7.21. The van der Waals surface area contributed by atoms with Crippen LogP contribution in [0.1, 0.15) is 29.6 Å². The molecule has 0 radical (unpaired) electrons. The molecule has 5 rings (SSSR count). The fourth-order valence-electron chi connectivity index (χ4n) is 5.02. The predicted molar refractivity (Wildman–Crippen MR) is 144 cm³/mol. The topological polar surface area (TPSA) is 112 Å². The average molecular weight is 501 g/mol. The van der Waals surface area contributed by atoms with Crippen molar-refractivity contribution in [2.45, 2.75) is 19.3 Å². The Kier molecular flexibility index (Phi) is 7.05. The summed E-state index contributed by atoms with van der Waals surface area (Å²) in [7, 11) is 1.79. The van der Waals surface area contributed by atoms with Crippen LogP contribution < -0.4 is 20.9 Å². The molecule has 0 spiro atoms. The Hall–Kier alpha value is -3.98. The first kappa shape index (κ1) is 24.7. The van der Waals surface area contributed by atoms with Crippen LogP contribution in [0.25, 0.3) is 10.9 Å². The van der Waals surface area contributed by atoms with Gasteiger partial charge in [-0.15, -0.1) is 0 Å². The van der Waals surface area contributed by atoms with Gasteiger partial charge >= 0.3 is 0 Å². The van der Waals surface area contributed by atoms with Gasteiger partial charge in [0.2, 0.25) is 11.8 Å². The van der Waals surface area contributed by atoms with Crippen molar-refractivity contribution in [3.63, 3.8) is 0 Å². The van der Waals surface area contributed by atoms with Gasteiger partial charge in [0.1, 0.15) is 5.82 Å². The van der Waals surface area contributed by atoms with Gasteiger partial charge in [-0.1, -0.05) is 6.07 Å². The molecule has 3 heterocycles. The molecule has 0 bridgehead atoms. The molecule has 1 unspecified atom stereocenters. The van der Waals surface area contributed by atoms with Crippen LogP contribution in [0.3, 0.4) is 0 Å². The minimum Gasteiger partial charge on any atom is -0.384 e. The van der Waals surface area contributed by atoms with Gasteiger partial charge in [-0.2, -0.15) is 0 Å². The molecule has 2 fully saturated rings. The summed E-state index contributed by atoms with van der Waals surface area (Å²) in [5.74, 6) is 0.297. The van der Waals surface area contributed by atoms with E-state index in [0.717, 1.165) is 42.7 Å². The highest BCUT2D eigenvalue weighted by Crippen LogP contribution is 2.27. The van der Waals surface area contributed by atoms with Gasteiger partial charge in [-0.05, 0) is 74.5 Å². The van der Waals surface area contributed by atoms with Crippen molar-refractivity contribution in [3.05, 3.63) is 60.2 Å². The number of nitrogens with zero attached hydrogens (tertiary/aromatic N) is 4. The molecule has 2 saturated heterocycles. The number of aromatic nitrogens is 1. The van der Waals surface area contributed by atoms with Gasteiger partial charge in [0.25, 0.3) is 5.91 Å². The quantitative estimate of drug-likeness (QED) is 0.516. The maximum absolute atomic E-state index is 12.7. The summed E-state index contributed by atoms with van der Waals surface area (Å²) in [6.07, 6.45) is 2.67. The number of amides is 3. The van der Waals surface area contributed by atoms with Crippen LogP contribution >= 0.6 is 0 Å². The normalized spacial score (nSPS) is 17.9. The molecule has 3 N–H and O–H groups in total. The minimum atomic E-state index is -0.206. The number of nitrogen functional groups attached to an aromatic ring is 1. The minimum absolute atomic E-state index is 0.00932. The van der Waals surface area contributed by atoms with E-state index in [2.05, 4.69) is 15.2 Å². The van der Waals surface area contributed by atoms with E-state index in [1.54, 1.807) is 35.0 Å². The molecule has 9 heteroatoms. The van der Waals surface area contributed by atoms with E-state index < -0.39 is 0 Å². The highest BCUT2D eigenvalue weighted by atomic mass is 16.2. The molecule has 37 heavy (non-hydrogen) atoms.